The van der Waals surface area contributed by atoms with E-state index >= 15 is 0 Å². The molecule has 2 aromatic carbocycles. The van der Waals surface area contributed by atoms with E-state index in [4.69, 9.17) is 28.9 Å². The van der Waals surface area contributed by atoms with Gasteiger partial charge < -0.3 is 11.1 Å². The van der Waals surface area contributed by atoms with Crippen LogP contribution in [0.15, 0.2) is 36.4 Å². The zero-order valence-electron chi connectivity index (χ0n) is 9.58. The number of nitrogen functional groups attached to an aromatic ring is 1. The summed E-state index contributed by atoms with van der Waals surface area (Å²) in [5.41, 5.74) is 6.50. The Labute approximate surface area is 119 Å². The van der Waals surface area contributed by atoms with Crippen LogP contribution in [0.4, 0.5) is 15.8 Å². The minimum atomic E-state index is -0.608. The monoisotopic (exact) mass is 298 g/mol. The highest BCUT2D eigenvalue weighted by Gasteiger charge is 2.11. The van der Waals surface area contributed by atoms with Crippen molar-refractivity contribution in [2.24, 2.45) is 0 Å². The van der Waals surface area contributed by atoms with Crippen molar-refractivity contribution in [1.29, 1.82) is 0 Å². The highest BCUT2D eigenvalue weighted by atomic mass is 35.5. The first-order valence-corrected chi connectivity index (χ1v) is 6.04. The highest BCUT2D eigenvalue weighted by Crippen LogP contribution is 2.22. The summed E-state index contributed by atoms with van der Waals surface area (Å²) in [6.45, 7) is 0. The zero-order chi connectivity index (χ0) is 14.0. The Balaban J connectivity index is 2.23. The molecule has 0 saturated heterocycles. The molecule has 98 valence electrons. The average Bonchev–Trinajstić information content (AvgIpc) is 2.33. The van der Waals surface area contributed by atoms with Gasteiger partial charge in [0, 0.05) is 16.4 Å². The van der Waals surface area contributed by atoms with Gasteiger partial charge >= 0.3 is 0 Å². The van der Waals surface area contributed by atoms with Gasteiger partial charge in [0.1, 0.15) is 5.82 Å². The van der Waals surface area contributed by atoms with E-state index in [0.717, 1.165) is 6.07 Å². The van der Waals surface area contributed by atoms with E-state index in [1.807, 2.05) is 0 Å². The maximum Gasteiger partial charge on any atom is 0.257 e. The van der Waals surface area contributed by atoms with Gasteiger partial charge in [0.2, 0.25) is 0 Å². The van der Waals surface area contributed by atoms with E-state index in [0.29, 0.717) is 10.7 Å². The second-order valence-corrected chi connectivity index (χ2v) is 4.66. The van der Waals surface area contributed by atoms with Crippen molar-refractivity contribution in [1.82, 2.24) is 0 Å². The minimum absolute atomic E-state index is 0.0102. The number of hydrogen-bond acceptors (Lipinski definition) is 2. The molecule has 0 radical (unpaired) electrons. The fourth-order valence-electron chi connectivity index (χ4n) is 1.51. The van der Waals surface area contributed by atoms with Gasteiger partial charge in [-0.15, -0.1) is 0 Å². The number of carbonyl (C=O) groups excluding carboxylic acids is 1. The summed E-state index contributed by atoms with van der Waals surface area (Å²) < 4.78 is 13.2. The number of rotatable bonds is 2. The van der Waals surface area contributed by atoms with Crippen molar-refractivity contribution in [2.45, 2.75) is 0 Å². The van der Waals surface area contributed by atoms with E-state index in [2.05, 4.69) is 5.32 Å². The molecule has 0 atom stereocenters. The molecule has 3 nitrogen and oxygen atoms in total. The van der Waals surface area contributed by atoms with E-state index < -0.39 is 11.7 Å². The standard InChI is InChI=1S/C13H9Cl2FN2O/c14-7-1-3-9(12(17)5-7)13(19)18-8-2-4-10(15)11(16)6-8/h1-6H,17H2,(H,18,19). The van der Waals surface area contributed by atoms with E-state index in [1.54, 1.807) is 6.07 Å². The normalized spacial score (nSPS) is 10.3. The topological polar surface area (TPSA) is 55.1 Å². The van der Waals surface area contributed by atoms with Gasteiger partial charge in [-0.1, -0.05) is 23.2 Å². The molecular formula is C13H9Cl2FN2O. The van der Waals surface area contributed by atoms with Gasteiger partial charge in [-0.05, 0) is 36.4 Å². The fraction of sp³-hybridized carbons (Fsp3) is 0. The van der Waals surface area contributed by atoms with Crippen molar-refractivity contribution in [3.63, 3.8) is 0 Å². The first kappa shape index (κ1) is 13.6. The van der Waals surface area contributed by atoms with Gasteiger partial charge in [-0.2, -0.15) is 0 Å². The Morgan fingerprint density at radius 1 is 1.16 bits per heavy atom. The largest absolute Gasteiger partial charge is 0.398 e. The average molecular weight is 299 g/mol. The van der Waals surface area contributed by atoms with Crippen LogP contribution in [0.3, 0.4) is 0 Å². The number of nitrogens with one attached hydrogen (secondary N) is 1. The number of anilines is 2. The molecule has 2 rings (SSSR count). The summed E-state index contributed by atoms with van der Waals surface area (Å²) in [5.74, 6) is -1.06. The number of amides is 1. The molecular weight excluding hydrogens is 290 g/mol. The Morgan fingerprint density at radius 2 is 1.89 bits per heavy atom. The third-order valence-electron chi connectivity index (χ3n) is 2.44. The number of hydrogen-bond donors (Lipinski definition) is 2. The second kappa shape index (κ2) is 5.47. The van der Waals surface area contributed by atoms with Crippen molar-refractivity contribution in [3.05, 3.63) is 57.8 Å². The van der Waals surface area contributed by atoms with Crippen LogP contribution in [0.25, 0.3) is 0 Å². The highest BCUT2D eigenvalue weighted by molar-refractivity contribution is 6.31. The van der Waals surface area contributed by atoms with Crippen LogP contribution in [0.5, 0.6) is 0 Å². The molecule has 0 aliphatic rings. The van der Waals surface area contributed by atoms with Gasteiger partial charge in [0.25, 0.3) is 5.91 Å². The molecule has 0 saturated carbocycles. The Kier molecular flexibility index (Phi) is 3.93. The van der Waals surface area contributed by atoms with Gasteiger partial charge in [0.05, 0.1) is 10.6 Å². The predicted octanol–water partition coefficient (Wildman–Crippen LogP) is 3.97. The van der Waals surface area contributed by atoms with Crippen LogP contribution in [0.1, 0.15) is 10.4 Å². The van der Waals surface area contributed by atoms with Crippen LogP contribution in [0.2, 0.25) is 10.0 Å². The van der Waals surface area contributed by atoms with E-state index in [9.17, 15) is 9.18 Å². The minimum Gasteiger partial charge on any atom is -0.398 e. The molecule has 6 heteroatoms. The molecule has 0 aliphatic heterocycles. The van der Waals surface area contributed by atoms with E-state index in [-0.39, 0.29) is 16.3 Å². The molecule has 0 spiro atoms. The molecule has 0 aliphatic carbocycles. The molecule has 0 unspecified atom stereocenters. The van der Waals surface area contributed by atoms with Gasteiger partial charge in [-0.3, -0.25) is 4.79 Å². The molecule has 2 aromatic rings. The number of benzene rings is 2. The summed E-state index contributed by atoms with van der Waals surface area (Å²) in [7, 11) is 0. The predicted molar refractivity (Wildman–Crippen MR) is 75.2 cm³/mol. The summed E-state index contributed by atoms with van der Waals surface area (Å²) in [4.78, 5) is 12.0. The molecule has 19 heavy (non-hydrogen) atoms. The molecule has 3 N–H and O–H groups in total. The maximum atomic E-state index is 13.2. The third-order valence-corrected chi connectivity index (χ3v) is 2.98. The molecule has 0 bridgehead atoms. The molecule has 0 fully saturated rings. The summed E-state index contributed by atoms with van der Waals surface area (Å²) >= 11 is 11.3. The van der Waals surface area contributed by atoms with Crippen molar-refractivity contribution in [2.75, 3.05) is 11.1 Å². The smallest absolute Gasteiger partial charge is 0.257 e. The number of nitrogens with two attached hydrogens (primary N) is 1. The Bertz CT molecular complexity index is 647. The van der Waals surface area contributed by atoms with Crippen LogP contribution >= 0.6 is 23.2 Å². The Morgan fingerprint density at radius 3 is 2.53 bits per heavy atom. The van der Waals surface area contributed by atoms with Crippen molar-refractivity contribution >= 4 is 40.5 Å². The summed E-state index contributed by atoms with van der Waals surface area (Å²) in [5, 5.41) is 2.95. The SMILES string of the molecule is Nc1cc(Cl)ccc1C(=O)Nc1ccc(Cl)c(F)c1. The van der Waals surface area contributed by atoms with Crippen molar-refractivity contribution in [3.8, 4) is 0 Å². The number of carbonyl (C=O) groups is 1. The first-order chi connectivity index (χ1) is 8.97. The van der Waals surface area contributed by atoms with Crippen LogP contribution in [-0.4, -0.2) is 5.91 Å². The Hall–Kier alpha value is -1.78. The summed E-state index contributed by atoms with van der Waals surface area (Å²) in [6.07, 6.45) is 0. The van der Waals surface area contributed by atoms with Crippen LogP contribution < -0.4 is 11.1 Å². The fourth-order valence-corrected chi connectivity index (χ4v) is 1.81. The summed E-state index contributed by atoms with van der Waals surface area (Å²) in [6, 6.07) is 8.51. The molecule has 0 heterocycles. The maximum absolute atomic E-state index is 13.2. The van der Waals surface area contributed by atoms with Crippen molar-refractivity contribution < 1.29 is 9.18 Å². The third kappa shape index (κ3) is 3.16. The zero-order valence-corrected chi connectivity index (χ0v) is 11.1. The lowest BCUT2D eigenvalue weighted by atomic mass is 10.1. The second-order valence-electron chi connectivity index (χ2n) is 3.81. The quantitative estimate of drug-likeness (QED) is 0.824. The molecule has 0 aromatic heterocycles. The van der Waals surface area contributed by atoms with Crippen LogP contribution in [0, 0.1) is 5.82 Å². The van der Waals surface area contributed by atoms with Gasteiger partial charge in [0.15, 0.2) is 0 Å². The number of halogens is 3. The van der Waals surface area contributed by atoms with Crippen LogP contribution in [-0.2, 0) is 0 Å². The lowest BCUT2D eigenvalue weighted by Crippen LogP contribution is -2.14. The lowest BCUT2D eigenvalue weighted by Gasteiger charge is -2.08. The van der Waals surface area contributed by atoms with Gasteiger partial charge in [-0.25, -0.2) is 4.39 Å². The van der Waals surface area contributed by atoms with E-state index in [1.165, 1.54) is 24.3 Å². The lowest BCUT2D eigenvalue weighted by molar-refractivity contribution is 0.102. The first-order valence-electron chi connectivity index (χ1n) is 5.29. The molecule has 1 amide bonds.